The van der Waals surface area contributed by atoms with Gasteiger partial charge >= 0.3 is 0 Å². The number of nitrogens with one attached hydrogen (secondary N) is 1. The fraction of sp³-hybridized carbons (Fsp3) is 0.417. The third kappa shape index (κ3) is 4.66. The number of methoxy groups -OCH3 is 2. The molecular formula is C24H28N2O5. The summed E-state index contributed by atoms with van der Waals surface area (Å²) in [5.41, 5.74) is 4.17. The molecule has 1 heterocycles. The zero-order valence-corrected chi connectivity index (χ0v) is 18.0. The number of anilines is 2. The van der Waals surface area contributed by atoms with Gasteiger partial charge in [-0.25, -0.2) is 0 Å². The summed E-state index contributed by atoms with van der Waals surface area (Å²) < 4.78 is 16.0. The standard InChI is InChI=1S/C24H28N2O5/c1-29-10-11-31-22-14-19(7-9-21(22)30-2)25-24(28)18-13-23(27)26(15-18)20-8-6-16-4-3-5-17(16)12-20/h6-9,12,14,18H,3-5,10-11,13,15H2,1-2H3,(H,25,28). The van der Waals surface area contributed by atoms with Crippen LogP contribution in [0.4, 0.5) is 11.4 Å². The molecule has 1 aliphatic heterocycles. The first kappa shape index (κ1) is 21.2. The van der Waals surface area contributed by atoms with Crippen molar-refractivity contribution in [2.45, 2.75) is 25.7 Å². The van der Waals surface area contributed by atoms with Crippen molar-refractivity contribution >= 4 is 23.2 Å². The molecule has 0 saturated carbocycles. The van der Waals surface area contributed by atoms with Crippen molar-refractivity contribution in [3.63, 3.8) is 0 Å². The summed E-state index contributed by atoms with van der Waals surface area (Å²) >= 11 is 0. The molecule has 2 aliphatic rings. The largest absolute Gasteiger partial charge is 0.493 e. The summed E-state index contributed by atoms with van der Waals surface area (Å²) in [6, 6.07) is 11.4. The summed E-state index contributed by atoms with van der Waals surface area (Å²) in [6.07, 6.45) is 3.53. The lowest BCUT2D eigenvalue weighted by molar-refractivity contribution is -0.122. The van der Waals surface area contributed by atoms with E-state index in [0.29, 0.717) is 36.9 Å². The van der Waals surface area contributed by atoms with E-state index >= 15 is 0 Å². The first-order chi connectivity index (χ1) is 15.1. The van der Waals surface area contributed by atoms with Crippen LogP contribution in [0.1, 0.15) is 24.0 Å². The number of rotatable bonds is 8. The first-order valence-electron chi connectivity index (χ1n) is 10.6. The van der Waals surface area contributed by atoms with Gasteiger partial charge in [0, 0.05) is 37.5 Å². The van der Waals surface area contributed by atoms with Gasteiger partial charge in [-0.15, -0.1) is 0 Å². The fourth-order valence-corrected chi connectivity index (χ4v) is 4.21. The van der Waals surface area contributed by atoms with Crippen molar-refractivity contribution in [3.05, 3.63) is 47.5 Å². The number of carbonyl (C=O) groups is 2. The van der Waals surface area contributed by atoms with Gasteiger partial charge in [0.25, 0.3) is 0 Å². The van der Waals surface area contributed by atoms with Gasteiger partial charge in [-0.2, -0.15) is 0 Å². The molecule has 7 nitrogen and oxygen atoms in total. The highest BCUT2D eigenvalue weighted by Crippen LogP contribution is 2.33. The Hall–Kier alpha value is -3.06. The van der Waals surface area contributed by atoms with Gasteiger partial charge in [-0.05, 0) is 54.7 Å². The summed E-state index contributed by atoms with van der Waals surface area (Å²) in [5, 5.41) is 2.92. The second-order valence-corrected chi connectivity index (χ2v) is 7.91. The minimum absolute atomic E-state index is 0.0172. The predicted octanol–water partition coefficient (Wildman–Crippen LogP) is 3.20. The van der Waals surface area contributed by atoms with Gasteiger partial charge in [0.1, 0.15) is 6.61 Å². The van der Waals surface area contributed by atoms with Gasteiger partial charge in [-0.3, -0.25) is 9.59 Å². The van der Waals surface area contributed by atoms with E-state index in [1.807, 2.05) is 6.07 Å². The van der Waals surface area contributed by atoms with Gasteiger partial charge in [0.05, 0.1) is 19.6 Å². The second kappa shape index (κ2) is 9.39. The van der Waals surface area contributed by atoms with Gasteiger partial charge < -0.3 is 24.4 Å². The molecule has 4 rings (SSSR count). The van der Waals surface area contributed by atoms with Crippen LogP contribution in [0.15, 0.2) is 36.4 Å². The first-order valence-corrected chi connectivity index (χ1v) is 10.6. The molecule has 1 aliphatic carbocycles. The lowest BCUT2D eigenvalue weighted by atomic mass is 10.1. The number of hydrogen-bond acceptors (Lipinski definition) is 5. The van der Waals surface area contributed by atoms with E-state index in [1.165, 1.54) is 11.1 Å². The summed E-state index contributed by atoms with van der Waals surface area (Å²) in [6.45, 7) is 1.20. The van der Waals surface area contributed by atoms with E-state index in [9.17, 15) is 9.59 Å². The minimum atomic E-state index is -0.402. The van der Waals surface area contributed by atoms with Crippen molar-refractivity contribution in [1.29, 1.82) is 0 Å². The minimum Gasteiger partial charge on any atom is -0.493 e. The van der Waals surface area contributed by atoms with Crippen LogP contribution in [0.25, 0.3) is 0 Å². The molecule has 2 aromatic rings. The lowest BCUT2D eigenvalue weighted by Crippen LogP contribution is -2.28. The Labute approximate surface area is 182 Å². The highest BCUT2D eigenvalue weighted by molar-refractivity contribution is 6.03. The predicted molar refractivity (Wildman–Crippen MR) is 118 cm³/mol. The molecule has 0 spiro atoms. The molecule has 1 N–H and O–H groups in total. The maximum absolute atomic E-state index is 12.9. The third-order valence-corrected chi connectivity index (χ3v) is 5.87. The van der Waals surface area contributed by atoms with E-state index in [4.69, 9.17) is 14.2 Å². The highest BCUT2D eigenvalue weighted by Gasteiger charge is 2.35. The van der Waals surface area contributed by atoms with Crippen molar-refractivity contribution in [1.82, 2.24) is 0 Å². The van der Waals surface area contributed by atoms with Crippen LogP contribution in [0.3, 0.4) is 0 Å². The Bertz CT molecular complexity index is 974. The summed E-state index contributed by atoms with van der Waals surface area (Å²) in [4.78, 5) is 27.2. The van der Waals surface area contributed by atoms with Crippen molar-refractivity contribution in [2.75, 3.05) is 44.2 Å². The Morgan fingerprint density at radius 2 is 1.90 bits per heavy atom. The molecule has 1 unspecified atom stereocenters. The normalized spacial score (nSPS) is 17.5. The number of benzene rings is 2. The Morgan fingerprint density at radius 1 is 1.06 bits per heavy atom. The molecular weight excluding hydrogens is 396 g/mol. The summed E-state index contributed by atoms with van der Waals surface area (Å²) in [5.74, 6) is 0.509. The van der Waals surface area contributed by atoms with Crippen molar-refractivity contribution < 1.29 is 23.8 Å². The Morgan fingerprint density at radius 3 is 2.71 bits per heavy atom. The average Bonchev–Trinajstić information content (AvgIpc) is 3.40. The highest BCUT2D eigenvalue weighted by atomic mass is 16.5. The number of amides is 2. The molecule has 2 aromatic carbocycles. The van der Waals surface area contributed by atoms with Crippen LogP contribution >= 0.6 is 0 Å². The smallest absolute Gasteiger partial charge is 0.229 e. The zero-order valence-electron chi connectivity index (χ0n) is 18.0. The maximum atomic E-state index is 12.9. The molecule has 7 heteroatoms. The molecule has 164 valence electrons. The van der Waals surface area contributed by atoms with E-state index in [0.717, 1.165) is 24.9 Å². The number of fused-ring (bicyclic) bond motifs is 1. The van der Waals surface area contributed by atoms with Gasteiger partial charge in [0.15, 0.2) is 11.5 Å². The number of aryl methyl sites for hydroxylation is 2. The molecule has 2 amide bonds. The Balaban J connectivity index is 1.42. The topological polar surface area (TPSA) is 77.1 Å². The fourth-order valence-electron chi connectivity index (χ4n) is 4.21. The van der Waals surface area contributed by atoms with Crippen molar-refractivity contribution in [3.8, 4) is 11.5 Å². The van der Waals surface area contributed by atoms with E-state index in [-0.39, 0.29) is 18.2 Å². The third-order valence-electron chi connectivity index (χ3n) is 5.87. The molecule has 1 saturated heterocycles. The molecule has 0 bridgehead atoms. The molecule has 0 radical (unpaired) electrons. The molecule has 1 atom stereocenters. The van der Waals surface area contributed by atoms with Crippen LogP contribution in [0, 0.1) is 5.92 Å². The quantitative estimate of drug-likeness (QED) is 0.659. The number of ether oxygens (including phenoxy) is 3. The van der Waals surface area contributed by atoms with E-state index in [1.54, 1.807) is 37.3 Å². The van der Waals surface area contributed by atoms with E-state index < -0.39 is 5.92 Å². The van der Waals surface area contributed by atoms with Crippen LogP contribution in [-0.2, 0) is 27.2 Å². The zero-order chi connectivity index (χ0) is 21.8. The SMILES string of the molecule is COCCOc1cc(NC(=O)C2CC(=O)N(c3ccc4c(c3)CCC4)C2)ccc1OC. The molecule has 31 heavy (non-hydrogen) atoms. The van der Waals surface area contributed by atoms with Crippen LogP contribution in [0.2, 0.25) is 0 Å². The number of carbonyl (C=O) groups excluding carboxylic acids is 2. The van der Waals surface area contributed by atoms with Gasteiger partial charge in [0.2, 0.25) is 11.8 Å². The molecule has 0 aromatic heterocycles. The van der Waals surface area contributed by atoms with Gasteiger partial charge in [-0.1, -0.05) is 6.07 Å². The maximum Gasteiger partial charge on any atom is 0.229 e. The van der Waals surface area contributed by atoms with E-state index in [2.05, 4.69) is 17.4 Å². The Kier molecular flexibility index (Phi) is 6.42. The van der Waals surface area contributed by atoms with Crippen LogP contribution in [0.5, 0.6) is 11.5 Å². The summed E-state index contributed by atoms with van der Waals surface area (Å²) in [7, 11) is 3.17. The van der Waals surface area contributed by atoms with Crippen molar-refractivity contribution in [2.24, 2.45) is 5.92 Å². The monoisotopic (exact) mass is 424 g/mol. The molecule has 1 fully saturated rings. The van der Waals surface area contributed by atoms with Crippen LogP contribution < -0.4 is 19.7 Å². The second-order valence-electron chi connectivity index (χ2n) is 7.91. The number of hydrogen-bond donors (Lipinski definition) is 1. The lowest BCUT2D eigenvalue weighted by Gasteiger charge is -2.18. The average molecular weight is 424 g/mol. The van der Waals surface area contributed by atoms with Crippen LogP contribution in [-0.4, -0.2) is 45.8 Å². The number of nitrogens with zero attached hydrogens (tertiary/aromatic N) is 1.